The van der Waals surface area contributed by atoms with Crippen molar-refractivity contribution in [2.45, 2.75) is 4.90 Å². The van der Waals surface area contributed by atoms with Crippen LogP contribution in [0.25, 0.3) is 0 Å². The summed E-state index contributed by atoms with van der Waals surface area (Å²) in [4.78, 5) is 23.6. The van der Waals surface area contributed by atoms with Gasteiger partial charge in [-0.05, 0) is 30.5 Å². The molecule has 8 heteroatoms. The Labute approximate surface area is 141 Å². The lowest BCUT2D eigenvalue weighted by Gasteiger charge is -2.11. The molecule has 0 saturated heterocycles. The maximum atomic E-state index is 12.4. The van der Waals surface area contributed by atoms with Crippen LogP contribution in [0.15, 0.2) is 41.3 Å². The highest BCUT2D eigenvalue weighted by molar-refractivity contribution is 7.98. The Hall–Kier alpha value is -2.25. The van der Waals surface area contributed by atoms with E-state index in [0.717, 1.165) is 4.90 Å². The van der Waals surface area contributed by atoms with Crippen LogP contribution >= 0.6 is 23.4 Å². The number of thioether (sulfide) groups is 1. The number of ether oxygens (including phenoxy) is 1. The summed E-state index contributed by atoms with van der Waals surface area (Å²) in [6, 6.07) is 9.01. The number of nitro groups is 1. The fourth-order valence-corrected chi connectivity index (χ4v) is 2.49. The molecule has 0 heterocycles. The first-order chi connectivity index (χ1) is 11.0. The number of hydrogen-bond acceptors (Lipinski definition) is 5. The third kappa shape index (κ3) is 3.94. The molecule has 0 atom stereocenters. The summed E-state index contributed by atoms with van der Waals surface area (Å²) in [5.74, 6) is -0.0483. The number of nitrogens with one attached hydrogen (secondary N) is 1. The molecule has 23 heavy (non-hydrogen) atoms. The van der Waals surface area contributed by atoms with Gasteiger partial charge in [0.1, 0.15) is 5.75 Å². The van der Waals surface area contributed by atoms with Crippen LogP contribution in [0.5, 0.6) is 5.75 Å². The average Bonchev–Trinajstić information content (AvgIpc) is 2.55. The molecule has 0 aliphatic heterocycles. The van der Waals surface area contributed by atoms with Crippen molar-refractivity contribution in [3.8, 4) is 5.75 Å². The molecule has 0 aromatic heterocycles. The molecule has 0 spiro atoms. The predicted molar refractivity (Wildman–Crippen MR) is 90.8 cm³/mol. The van der Waals surface area contributed by atoms with Gasteiger partial charge in [0.05, 0.1) is 28.3 Å². The predicted octanol–water partition coefficient (Wildman–Crippen LogP) is 4.23. The summed E-state index contributed by atoms with van der Waals surface area (Å²) in [6.45, 7) is 0. The first kappa shape index (κ1) is 17.1. The van der Waals surface area contributed by atoms with E-state index in [9.17, 15) is 14.9 Å². The average molecular weight is 353 g/mol. The third-order valence-electron chi connectivity index (χ3n) is 3.06. The number of anilines is 1. The van der Waals surface area contributed by atoms with Crippen molar-refractivity contribution in [2.75, 3.05) is 18.7 Å². The molecule has 2 aromatic carbocycles. The highest BCUT2D eigenvalue weighted by Gasteiger charge is 2.16. The van der Waals surface area contributed by atoms with Gasteiger partial charge in [-0.25, -0.2) is 0 Å². The van der Waals surface area contributed by atoms with Gasteiger partial charge in [-0.15, -0.1) is 11.8 Å². The van der Waals surface area contributed by atoms with Crippen molar-refractivity contribution in [1.82, 2.24) is 0 Å². The zero-order valence-corrected chi connectivity index (χ0v) is 13.9. The molecule has 0 fully saturated rings. The summed E-state index contributed by atoms with van der Waals surface area (Å²) in [5.41, 5.74) is 0.323. The first-order valence-electron chi connectivity index (χ1n) is 6.43. The van der Waals surface area contributed by atoms with Crippen LogP contribution in [0.1, 0.15) is 10.4 Å². The number of amides is 1. The molecule has 2 aromatic rings. The van der Waals surface area contributed by atoms with E-state index in [4.69, 9.17) is 16.3 Å². The minimum atomic E-state index is -0.556. The van der Waals surface area contributed by atoms with E-state index in [1.807, 2.05) is 6.26 Å². The molecule has 0 bridgehead atoms. The molecule has 1 N–H and O–H groups in total. The molecule has 6 nitrogen and oxygen atoms in total. The zero-order chi connectivity index (χ0) is 17.0. The van der Waals surface area contributed by atoms with E-state index in [1.165, 1.54) is 37.1 Å². The molecule has 0 aliphatic rings. The van der Waals surface area contributed by atoms with Gasteiger partial charge in [0.15, 0.2) is 0 Å². The fraction of sp³-hybridized carbons (Fsp3) is 0.133. The number of rotatable bonds is 5. The summed E-state index contributed by atoms with van der Waals surface area (Å²) in [6.07, 6.45) is 1.91. The Morgan fingerprint density at radius 3 is 2.65 bits per heavy atom. The zero-order valence-electron chi connectivity index (χ0n) is 12.3. The molecular weight excluding hydrogens is 340 g/mol. The van der Waals surface area contributed by atoms with Crippen molar-refractivity contribution in [3.63, 3.8) is 0 Å². The van der Waals surface area contributed by atoms with Crippen LogP contribution < -0.4 is 10.1 Å². The van der Waals surface area contributed by atoms with Gasteiger partial charge in [-0.1, -0.05) is 11.6 Å². The molecule has 0 aliphatic carbocycles. The summed E-state index contributed by atoms with van der Waals surface area (Å²) in [7, 11) is 1.47. The van der Waals surface area contributed by atoms with Crippen LogP contribution in [-0.2, 0) is 0 Å². The van der Waals surface area contributed by atoms with Crippen molar-refractivity contribution in [3.05, 3.63) is 57.1 Å². The highest BCUT2D eigenvalue weighted by atomic mass is 35.5. The Morgan fingerprint density at radius 1 is 1.30 bits per heavy atom. The van der Waals surface area contributed by atoms with Crippen LogP contribution in [-0.4, -0.2) is 24.2 Å². The van der Waals surface area contributed by atoms with E-state index in [2.05, 4.69) is 5.32 Å². The van der Waals surface area contributed by atoms with E-state index in [0.29, 0.717) is 11.3 Å². The number of nitrogens with zero attached hydrogens (tertiary/aromatic N) is 1. The largest absolute Gasteiger partial charge is 0.496 e. The van der Waals surface area contributed by atoms with Gasteiger partial charge < -0.3 is 10.1 Å². The number of non-ortho nitro benzene ring substituents is 1. The van der Waals surface area contributed by atoms with Crippen LogP contribution in [0, 0.1) is 10.1 Å². The lowest BCUT2D eigenvalue weighted by atomic mass is 10.1. The second kappa shape index (κ2) is 7.34. The number of hydrogen-bond donors (Lipinski definition) is 1. The number of nitro benzene ring substituents is 1. The van der Waals surface area contributed by atoms with Gasteiger partial charge in [0.2, 0.25) is 0 Å². The third-order valence-corrected chi connectivity index (χ3v) is 4.12. The topological polar surface area (TPSA) is 81.5 Å². The monoisotopic (exact) mass is 352 g/mol. The fourth-order valence-electron chi connectivity index (χ4n) is 1.90. The molecule has 120 valence electrons. The SMILES string of the molecule is COc1cc(SC)ccc1C(=O)Nc1cc([N+](=O)[O-])ccc1Cl. The number of benzene rings is 2. The van der Waals surface area contributed by atoms with Crippen molar-refractivity contribution >= 4 is 40.6 Å². The van der Waals surface area contributed by atoms with E-state index >= 15 is 0 Å². The van der Waals surface area contributed by atoms with Gasteiger partial charge in [0, 0.05) is 17.0 Å². The first-order valence-corrected chi connectivity index (χ1v) is 8.04. The molecule has 0 unspecified atom stereocenters. The Kier molecular flexibility index (Phi) is 5.46. The second-order valence-corrected chi connectivity index (χ2v) is 5.73. The number of halogens is 1. The maximum absolute atomic E-state index is 12.4. The Morgan fingerprint density at radius 2 is 2.04 bits per heavy atom. The molecule has 2 rings (SSSR count). The second-order valence-electron chi connectivity index (χ2n) is 4.44. The van der Waals surface area contributed by atoms with E-state index < -0.39 is 10.8 Å². The number of methoxy groups -OCH3 is 1. The Balaban J connectivity index is 2.32. The van der Waals surface area contributed by atoms with Crippen LogP contribution in [0.3, 0.4) is 0 Å². The smallest absolute Gasteiger partial charge is 0.271 e. The summed E-state index contributed by atoms with van der Waals surface area (Å²) >= 11 is 7.50. The van der Waals surface area contributed by atoms with Crippen molar-refractivity contribution in [2.24, 2.45) is 0 Å². The van der Waals surface area contributed by atoms with Gasteiger partial charge in [-0.3, -0.25) is 14.9 Å². The normalized spacial score (nSPS) is 10.2. The highest BCUT2D eigenvalue weighted by Crippen LogP contribution is 2.29. The quantitative estimate of drug-likeness (QED) is 0.494. The Bertz CT molecular complexity index is 767. The summed E-state index contributed by atoms with van der Waals surface area (Å²) < 4.78 is 5.22. The standard InChI is InChI=1S/C15H13ClN2O4S/c1-22-14-8-10(23-2)4-5-11(14)15(19)17-13-7-9(18(20)21)3-6-12(13)16/h3-8H,1-2H3,(H,17,19). The van der Waals surface area contributed by atoms with E-state index in [-0.39, 0.29) is 16.4 Å². The number of carbonyl (C=O) groups is 1. The van der Waals surface area contributed by atoms with Crippen molar-refractivity contribution < 1.29 is 14.5 Å². The van der Waals surface area contributed by atoms with Gasteiger partial charge in [0.25, 0.3) is 11.6 Å². The minimum absolute atomic E-state index is 0.158. The van der Waals surface area contributed by atoms with Crippen LogP contribution in [0.2, 0.25) is 5.02 Å². The lowest BCUT2D eigenvalue weighted by Crippen LogP contribution is -2.13. The van der Waals surface area contributed by atoms with Crippen molar-refractivity contribution in [1.29, 1.82) is 0 Å². The lowest BCUT2D eigenvalue weighted by molar-refractivity contribution is -0.384. The van der Waals surface area contributed by atoms with Gasteiger partial charge >= 0.3 is 0 Å². The number of carbonyl (C=O) groups excluding carboxylic acids is 1. The van der Waals surface area contributed by atoms with Gasteiger partial charge in [-0.2, -0.15) is 0 Å². The van der Waals surface area contributed by atoms with Crippen LogP contribution in [0.4, 0.5) is 11.4 Å². The minimum Gasteiger partial charge on any atom is -0.496 e. The maximum Gasteiger partial charge on any atom is 0.271 e. The molecular formula is C15H13ClN2O4S. The molecule has 0 saturated carbocycles. The summed E-state index contributed by atoms with van der Waals surface area (Å²) in [5, 5.41) is 13.6. The van der Waals surface area contributed by atoms with E-state index in [1.54, 1.807) is 18.2 Å². The molecule has 0 radical (unpaired) electrons. The molecule has 1 amide bonds.